The Hall–Kier alpha value is -4.47. The minimum Gasteiger partial charge on any atom is -0.618 e. The maximum absolute atomic E-state index is 13.3. The lowest BCUT2D eigenvalue weighted by Gasteiger charge is -2.13. The highest BCUT2D eigenvalue weighted by Gasteiger charge is 2.23. The molecule has 0 bridgehead atoms. The van der Waals surface area contributed by atoms with Crippen LogP contribution >= 0.6 is 0 Å². The van der Waals surface area contributed by atoms with Crippen LogP contribution < -0.4 is 16.2 Å². The molecular formula is C23H22N8O2. The Kier molecular flexibility index (Phi) is 4.70. The van der Waals surface area contributed by atoms with Crippen LogP contribution in [0.1, 0.15) is 17.2 Å². The number of imidazole rings is 1. The summed E-state index contributed by atoms with van der Waals surface area (Å²) in [6.45, 7) is 3.65. The minimum atomic E-state index is -0.415. The predicted molar refractivity (Wildman–Crippen MR) is 123 cm³/mol. The number of nitrogens with two attached hydrogens (primary N) is 1. The van der Waals surface area contributed by atoms with Gasteiger partial charge in [-0.15, -0.1) is 5.10 Å². The van der Waals surface area contributed by atoms with Crippen molar-refractivity contribution in [2.75, 3.05) is 5.73 Å². The summed E-state index contributed by atoms with van der Waals surface area (Å²) >= 11 is 0. The van der Waals surface area contributed by atoms with Crippen molar-refractivity contribution in [3.8, 4) is 22.4 Å². The molecule has 10 nitrogen and oxygen atoms in total. The van der Waals surface area contributed by atoms with Gasteiger partial charge < -0.3 is 15.5 Å². The van der Waals surface area contributed by atoms with Crippen LogP contribution in [0.15, 0.2) is 59.7 Å². The summed E-state index contributed by atoms with van der Waals surface area (Å²) in [6.07, 6.45) is 3.47. The van der Waals surface area contributed by atoms with E-state index in [1.165, 1.54) is 9.08 Å². The van der Waals surface area contributed by atoms with Crippen LogP contribution in [0.2, 0.25) is 0 Å². The van der Waals surface area contributed by atoms with Crippen LogP contribution in [0.4, 0.5) is 5.95 Å². The van der Waals surface area contributed by atoms with Gasteiger partial charge in [0.15, 0.2) is 17.0 Å². The number of hydrogen-bond donors (Lipinski definition) is 1. The highest BCUT2D eigenvalue weighted by Crippen LogP contribution is 2.34. The van der Waals surface area contributed by atoms with Gasteiger partial charge in [-0.25, -0.2) is 23.8 Å². The van der Waals surface area contributed by atoms with Crippen molar-refractivity contribution in [3.63, 3.8) is 0 Å². The minimum absolute atomic E-state index is 0.0342. The average molecular weight is 442 g/mol. The van der Waals surface area contributed by atoms with E-state index in [4.69, 9.17) is 5.73 Å². The average Bonchev–Trinajstić information content (AvgIpc) is 3.35. The number of aryl methyl sites for hydroxylation is 3. The van der Waals surface area contributed by atoms with Crippen molar-refractivity contribution in [1.29, 1.82) is 0 Å². The molecule has 0 aliphatic carbocycles. The maximum Gasteiger partial charge on any atom is 0.353 e. The number of nitrogen functional groups attached to an aromatic ring is 1. The molecule has 10 heteroatoms. The second-order valence-corrected chi connectivity index (χ2v) is 7.93. The molecule has 0 amide bonds. The van der Waals surface area contributed by atoms with Gasteiger partial charge in [-0.3, -0.25) is 0 Å². The first kappa shape index (κ1) is 20.4. The van der Waals surface area contributed by atoms with Crippen LogP contribution in [-0.4, -0.2) is 28.7 Å². The fraction of sp³-hybridized carbons (Fsp3) is 0.174. The van der Waals surface area contributed by atoms with Crippen LogP contribution in [0.3, 0.4) is 0 Å². The number of rotatable bonds is 4. The molecule has 0 aliphatic heterocycles. The quantitative estimate of drug-likeness (QED) is 0.335. The zero-order valence-corrected chi connectivity index (χ0v) is 18.4. The van der Waals surface area contributed by atoms with Crippen molar-refractivity contribution < 1.29 is 4.73 Å². The van der Waals surface area contributed by atoms with Gasteiger partial charge in [0.25, 0.3) is 0 Å². The van der Waals surface area contributed by atoms with Crippen LogP contribution in [0.5, 0.6) is 0 Å². The number of benzene rings is 1. The van der Waals surface area contributed by atoms with Crippen LogP contribution in [0.25, 0.3) is 28.0 Å². The molecule has 5 aromatic rings. The van der Waals surface area contributed by atoms with Gasteiger partial charge in [0, 0.05) is 56.5 Å². The monoisotopic (exact) mass is 442 g/mol. The topological polar surface area (TPSA) is 123 Å². The molecule has 4 aromatic heterocycles. The lowest BCUT2D eigenvalue weighted by Crippen LogP contribution is -2.33. The van der Waals surface area contributed by atoms with E-state index in [1.54, 1.807) is 38.4 Å². The molecule has 1 aromatic carbocycles. The molecule has 0 fully saturated rings. The van der Waals surface area contributed by atoms with Gasteiger partial charge in [-0.05, 0) is 0 Å². The largest absolute Gasteiger partial charge is 0.618 e. The van der Waals surface area contributed by atoms with Gasteiger partial charge in [0.05, 0.1) is 11.3 Å². The summed E-state index contributed by atoms with van der Waals surface area (Å²) in [5, 5.41) is 16.9. The Morgan fingerprint density at radius 1 is 1.09 bits per heavy atom. The Morgan fingerprint density at radius 2 is 1.79 bits per heavy atom. The number of aromatic nitrogens is 7. The molecule has 0 radical (unpaired) electrons. The summed E-state index contributed by atoms with van der Waals surface area (Å²) in [5.41, 5.74) is 10.0. The smallest absolute Gasteiger partial charge is 0.353 e. The zero-order valence-electron chi connectivity index (χ0n) is 18.4. The lowest BCUT2D eigenvalue weighted by molar-refractivity contribution is -0.619. The third kappa shape index (κ3) is 3.32. The molecule has 0 atom stereocenters. The van der Waals surface area contributed by atoms with Crippen molar-refractivity contribution in [2.45, 2.75) is 20.4 Å². The number of nitrogens with zero attached hydrogens (tertiary/aromatic N) is 7. The number of anilines is 1. The molecule has 5 rings (SSSR count). The molecule has 2 N–H and O–H groups in total. The van der Waals surface area contributed by atoms with Gasteiger partial charge in [0.1, 0.15) is 12.4 Å². The lowest BCUT2D eigenvalue weighted by atomic mass is 9.99. The summed E-state index contributed by atoms with van der Waals surface area (Å²) in [4.78, 5) is 22.2. The Bertz CT molecular complexity index is 1540. The van der Waals surface area contributed by atoms with Gasteiger partial charge in [-0.2, -0.15) is 4.73 Å². The molecule has 33 heavy (non-hydrogen) atoms. The van der Waals surface area contributed by atoms with Gasteiger partial charge in [0.2, 0.25) is 5.95 Å². The standard InChI is InChI=1S/C23H22N8O2/c1-14-11-17(12-15(2)31(14)33)19-20(16-7-5-4-6-8-16)26-22(24)30-21(19)27-29(23(30)32)13-18-25-9-10-28(18)3/h4-12H,13H2,1-3H3,(H2,24,26). The third-order valence-corrected chi connectivity index (χ3v) is 5.67. The molecule has 0 saturated carbocycles. The first-order valence-electron chi connectivity index (χ1n) is 10.4. The second kappa shape index (κ2) is 7.59. The summed E-state index contributed by atoms with van der Waals surface area (Å²) in [5.74, 6) is 0.711. The number of pyridine rings is 1. The first-order chi connectivity index (χ1) is 15.8. The van der Waals surface area contributed by atoms with Crippen molar-refractivity contribution in [2.24, 2.45) is 7.05 Å². The molecule has 0 spiro atoms. The predicted octanol–water partition coefficient (Wildman–Crippen LogP) is 1.84. The van der Waals surface area contributed by atoms with E-state index in [0.717, 1.165) is 15.9 Å². The van der Waals surface area contributed by atoms with E-state index in [1.807, 2.05) is 41.9 Å². The van der Waals surface area contributed by atoms with E-state index >= 15 is 0 Å². The molecule has 166 valence electrons. The molecule has 0 unspecified atom stereocenters. The van der Waals surface area contributed by atoms with E-state index in [0.29, 0.717) is 34.1 Å². The second-order valence-electron chi connectivity index (χ2n) is 7.93. The Balaban J connectivity index is 1.85. The highest BCUT2D eigenvalue weighted by atomic mass is 16.5. The highest BCUT2D eigenvalue weighted by molar-refractivity contribution is 5.90. The summed E-state index contributed by atoms with van der Waals surface area (Å²) in [6, 6.07) is 13.1. The molecular weight excluding hydrogens is 420 g/mol. The fourth-order valence-corrected chi connectivity index (χ4v) is 3.99. The Morgan fingerprint density at radius 3 is 2.42 bits per heavy atom. The first-order valence-corrected chi connectivity index (χ1v) is 10.4. The van der Waals surface area contributed by atoms with E-state index in [-0.39, 0.29) is 12.5 Å². The van der Waals surface area contributed by atoms with Crippen molar-refractivity contribution >= 4 is 11.6 Å². The number of hydrogen-bond acceptors (Lipinski definition) is 6. The van der Waals surface area contributed by atoms with Gasteiger partial charge in [-0.1, -0.05) is 30.3 Å². The number of fused-ring (bicyclic) bond motifs is 1. The van der Waals surface area contributed by atoms with E-state index < -0.39 is 5.69 Å². The SMILES string of the molecule is Cc1cc(-c2c(-c3ccccc3)nc(N)n3c(=O)n(Cc4nccn4C)nc23)cc(C)[n+]1[O-]. The Labute approximate surface area is 188 Å². The molecule has 0 saturated heterocycles. The molecule has 4 heterocycles. The molecule has 0 aliphatic rings. The van der Waals surface area contributed by atoms with Crippen LogP contribution in [0, 0.1) is 19.1 Å². The van der Waals surface area contributed by atoms with Crippen molar-refractivity contribution in [3.05, 3.63) is 87.8 Å². The summed E-state index contributed by atoms with van der Waals surface area (Å²) < 4.78 is 5.31. The van der Waals surface area contributed by atoms with E-state index in [2.05, 4.69) is 15.1 Å². The van der Waals surface area contributed by atoms with Crippen molar-refractivity contribution in [1.82, 2.24) is 28.7 Å². The van der Waals surface area contributed by atoms with Crippen LogP contribution in [-0.2, 0) is 13.6 Å². The normalized spacial score (nSPS) is 11.4. The summed E-state index contributed by atoms with van der Waals surface area (Å²) in [7, 11) is 1.85. The van der Waals surface area contributed by atoms with E-state index in [9.17, 15) is 10.0 Å². The third-order valence-electron chi connectivity index (χ3n) is 5.67. The van der Waals surface area contributed by atoms with Gasteiger partial charge >= 0.3 is 5.69 Å². The zero-order chi connectivity index (χ0) is 23.3. The maximum atomic E-state index is 13.3. The fourth-order valence-electron chi connectivity index (χ4n) is 3.99.